The van der Waals surface area contributed by atoms with Crippen LogP contribution in [0.3, 0.4) is 0 Å². The molecule has 0 aliphatic carbocycles. The van der Waals surface area contributed by atoms with Crippen molar-refractivity contribution in [3.05, 3.63) is 76.7 Å². The number of ketones is 1. The summed E-state index contributed by atoms with van der Waals surface area (Å²) in [5.41, 5.74) is 1.59. The molecule has 2 aromatic carbocycles. The van der Waals surface area contributed by atoms with Gasteiger partial charge in [-0.3, -0.25) is 9.59 Å². The third kappa shape index (κ3) is 5.15. The van der Waals surface area contributed by atoms with E-state index in [0.29, 0.717) is 16.8 Å². The van der Waals surface area contributed by atoms with Crippen molar-refractivity contribution >= 4 is 29.0 Å². The molecule has 0 bridgehead atoms. The molecule has 0 amide bonds. The lowest BCUT2D eigenvalue weighted by molar-refractivity contribution is -0.135. The van der Waals surface area contributed by atoms with E-state index in [2.05, 4.69) is 6.58 Å². The Morgan fingerprint density at radius 1 is 1.26 bits per heavy atom. The largest absolute Gasteiger partial charge is 0.481 e. The first kappa shape index (κ1) is 20.6. The van der Waals surface area contributed by atoms with Crippen LogP contribution in [-0.4, -0.2) is 35.1 Å². The molecule has 0 atom stereocenters. The van der Waals surface area contributed by atoms with Crippen LogP contribution >= 0.6 is 11.6 Å². The molecular formula is C20H19ClFNO4. The van der Waals surface area contributed by atoms with Gasteiger partial charge in [0.05, 0.1) is 17.3 Å². The molecule has 0 saturated heterocycles. The van der Waals surface area contributed by atoms with Crippen LogP contribution in [0, 0.1) is 5.82 Å². The fraction of sp³-hybridized carbons (Fsp3) is 0.200. The Morgan fingerprint density at radius 2 is 2.00 bits per heavy atom. The second-order valence-electron chi connectivity index (χ2n) is 5.83. The summed E-state index contributed by atoms with van der Waals surface area (Å²) in [6, 6.07) is 9.55. The Bertz CT molecular complexity index is 869. The molecule has 2 rings (SSSR count). The van der Waals surface area contributed by atoms with Crippen LogP contribution in [0.15, 0.2) is 49.2 Å². The number of carboxylic acid groups (broad SMARTS) is 1. The zero-order valence-corrected chi connectivity index (χ0v) is 15.2. The van der Waals surface area contributed by atoms with Gasteiger partial charge >= 0.3 is 5.97 Å². The molecule has 0 unspecified atom stereocenters. The highest BCUT2D eigenvalue weighted by Crippen LogP contribution is 2.27. The number of hydrogen-bond acceptors (Lipinski definition) is 4. The van der Waals surface area contributed by atoms with Crippen molar-refractivity contribution in [3.63, 3.8) is 0 Å². The topological polar surface area (TPSA) is 77.8 Å². The Morgan fingerprint density at radius 3 is 2.63 bits per heavy atom. The predicted octanol–water partition coefficient (Wildman–Crippen LogP) is 3.67. The monoisotopic (exact) mass is 391 g/mol. The Kier molecular flexibility index (Phi) is 7.10. The van der Waals surface area contributed by atoms with Crippen molar-refractivity contribution < 1.29 is 24.2 Å². The highest BCUT2D eigenvalue weighted by atomic mass is 35.5. The summed E-state index contributed by atoms with van der Waals surface area (Å²) in [4.78, 5) is 24.9. The molecular weight excluding hydrogens is 373 g/mol. The lowest BCUT2D eigenvalue weighted by Crippen LogP contribution is -2.23. The van der Waals surface area contributed by atoms with Crippen LogP contribution in [0.2, 0.25) is 5.02 Å². The fourth-order valence-electron chi connectivity index (χ4n) is 2.72. The van der Waals surface area contributed by atoms with Gasteiger partial charge < -0.3 is 15.1 Å². The molecule has 0 fully saturated rings. The summed E-state index contributed by atoms with van der Waals surface area (Å²) in [6.07, 6.45) is 0.958. The van der Waals surface area contributed by atoms with Crippen molar-refractivity contribution in [2.24, 2.45) is 0 Å². The molecule has 0 aliphatic rings. The van der Waals surface area contributed by atoms with Gasteiger partial charge in [0, 0.05) is 18.5 Å². The van der Waals surface area contributed by atoms with Gasteiger partial charge in [0.2, 0.25) is 0 Å². The van der Waals surface area contributed by atoms with Gasteiger partial charge in [-0.15, -0.1) is 0 Å². The van der Waals surface area contributed by atoms with Crippen LogP contribution in [0.1, 0.15) is 27.9 Å². The number of benzene rings is 2. The number of aliphatic hydroxyl groups excluding tert-OH is 1. The van der Waals surface area contributed by atoms with Crippen molar-refractivity contribution in [1.82, 2.24) is 0 Å². The zero-order chi connectivity index (χ0) is 20.0. The molecule has 0 heterocycles. The predicted molar refractivity (Wildman–Crippen MR) is 102 cm³/mol. The van der Waals surface area contributed by atoms with E-state index in [1.807, 2.05) is 0 Å². The minimum absolute atomic E-state index is 0.00655. The molecule has 2 N–H and O–H groups in total. The standard InChI is InChI=1S/C20H19ClFNO4/c1-2-23(8-9-24)17-7-6-13(11-15(17)18(25)12-19(26)27)10-14-4-3-5-16(21)20(14)22/h2-7,11,24H,1,8-10,12H2,(H,26,27). The van der Waals surface area contributed by atoms with Crippen LogP contribution in [0.25, 0.3) is 0 Å². The first-order valence-corrected chi connectivity index (χ1v) is 8.56. The summed E-state index contributed by atoms with van der Waals surface area (Å²) in [5, 5.41) is 18.1. The zero-order valence-electron chi connectivity index (χ0n) is 14.5. The third-order valence-corrected chi connectivity index (χ3v) is 4.26. The van der Waals surface area contributed by atoms with Crippen LogP contribution in [0.4, 0.5) is 10.1 Å². The number of hydrogen-bond donors (Lipinski definition) is 2. The molecule has 2 aromatic rings. The maximum absolute atomic E-state index is 14.2. The molecule has 5 nitrogen and oxygen atoms in total. The van der Waals surface area contributed by atoms with Gasteiger partial charge in [-0.25, -0.2) is 4.39 Å². The van der Waals surface area contributed by atoms with Crippen molar-refractivity contribution in [3.8, 4) is 0 Å². The minimum atomic E-state index is -1.25. The second-order valence-corrected chi connectivity index (χ2v) is 6.24. The lowest BCUT2D eigenvalue weighted by atomic mass is 9.98. The molecule has 0 radical (unpaired) electrons. The van der Waals surface area contributed by atoms with Crippen molar-refractivity contribution in [2.45, 2.75) is 12.8 Å². The normalized spacial score (nSPS) is 10.5. The number of carboxylic acids is 1. The van der Waals surface area contributed by atoms with Crippen LogP contribution in [-0.2, 0) is 11.2 Å². The number of halogens is 2. The van der Waals surface area contributed by atoms with E-state index in [-0.39, 0.29) is 30.2 Å². The second kappa shape index (κ2) is 9.30. The summed E-state index contributed by atoms with van der Waals surface area (Å²) in [5.74, 6) is -2.37. The highest BCUT2D eigenvalue weighted by Gasteiger charge is 2.19. The summed E-state index contributed by atoms with van der Waals surface area (Å²) >= 11 is 5.80. The lowest BCUT2D eigenvalue weighted by Gasteiger charge is -2.22. The molecule has 0 aliphatic heterocycles. The number of carbonyl (C=O) groups is 2. The van der Waals surface area contributed by atoms with Gasteiger partial charge in [0.1, 0.15) is 12.2 Å². The quantitative estimate of drug-likeness (QED) is 0.503. The first-order chi connectivity index (χ1) is 12.9. The summed E-state index contributed by atoms with van der Waals surface area (Å²) < 4.78 is 14.2. The number of anilines is 1. The van der Waals surface area contributed by atoms with Gasteiger partial charge in [-0.2, -0.15) is 0 Å². The Hall–Kier alpha value is -2.70. The molecule has 0 saturated carbocycles. The van der Waals surface area contributed by atoms with Crippen LogP contribution < -0.4 is 4.90 Å². The summed E-state index contributed by atoms with van der Waals surface area (Å²) in [7, 11) is 0. The smallest absolute Gasteiger partial charge is 0.311 e. The Labute approximate surface area is 161 Å². The SMILES string of the molecule is C=CN(CCO)c1ccc(Cc2cccc(Cl)c2F)cc1C(=O)CC(=O)O. The maximum Gasteiger partial charge on any atom is 0.311 e. The van der Waals surface area contributed by atoms with E-state index >= 15 is 0 Å². The molecule has 0 aromatic heterocycles. The number of aliphatic hydroxyl groups is 1. The van der Waals surface area contributed by atoms with E-state index in [0.717, 1.165) is 0 Å². The number of rotatable bonds is 9. The highest BCUT2D eigenvalue weighted by molar-refractivity contribution is 6.30. The van der Waals surface area contributed by atoms with Gasteiger partial charge in [-0.1, -0.05) is 36.4 Å². The molecule has 7 heteroatoms. The maximum atomic E-state index is 14.2. The number of aliphatic carboxylic acids is 1. The van der Waals surface area contributed by atoms with E-state index in [4.69, 9.17) is 16.7 Å². The fourth-order valence-corrected chi connectivity index (χ4v) is 2.92. The van der Waals surface area contributed by atoms with E-state index in [1.165, 1.54) is 18.3 Å². The molecule has 27 heavy (non-hydrogen) atoms. The number of nitrogens with zero attached hydrogens (tertiary/aromatic N) is 1. The molecule has 0 spiro atoms. The van der Waals surface area contributed by atoms with Crippen molar-refractivity contribution in [2.75, 3.05) is 18.1 Å². The van der Waals surface area contributed by atoms with Gasteiger partial charge in [0.25, 0.3) is 0 Å². The number of carbonyl (C=O) groups excluding carboxylic acids is 1. The van der Waals surface area contributed by atoms with E-state index in [9.17, 15) is 19.1 Å². The van der Waals surface area contributed by atoms with Gasteiger partial charge in [-0.05, 0) is 35.5 Å². The van der Waals surface area contributed by atoms with E-state index in [1.54, 1.807) is 29.2 Å². The number of Topliss-reactive ketones (excluding diaryl/α,β-unsaturated/α-hetero) is 1. The Balaban J connectivity index is 2.46. The van der Waals surface area contributed by atoms with E-state index < -0.39 is 24.0 Å². The minimum Gasteiger partial charge on any atom is -0.481 e. The average molecular weight is 392 g/mol. The third-order valence-electron chi connectivity index (χ3n) is 3.97. The average Bonchev–Trinajstić information content (AvgIpc) is 2.63. The first-order valence-electron chi connectivity index (χ1n) is 8.18. The van der Waals surface area contributed by atoms with Crippen molar-refractivity contribution in [1.29, 1.82) is 0 Å². The van der Waals surface area contributed by atoms with Gasteiger partial charge in [0.15, 0.2) is 5.78 Å². The van der Waals surface area contributed by atoms with Crippen LogP contribution in [0.5, 0.6) is 0 Å². The summed E-state index contributed by atoms with van der Waals surface area (Å²) in [6.45, 7) is 3.67. The molecule has 142 valence electrons.